The number of aromatic nitrogens is 4. The zero-order valence-electron chi connectivity index (χ0n) is 24.8. The summed E-state index contributed by atoms with van der Waals surface area (Å²) in [6.07, 6.45) is 6.74. The van der Waals surface area contributed by atoms with E-state index in [-0.39, 0.29) is 18.7 Å². The Morgan fingerprint density at radius 3 is 2.58 bits per heavy atom. The molecule has 11 heteroatoms. The summed E-state index contributed by atoms with van der Waals surface area (Å²) < 4.78 is 31.3. The van der Waals surface area contributed by atoms with E-state index in [2.05, 4.69) is 37.3 Å². The van der Waals surface area contributed by atoms with Crippen LogP contribution in [0.3, 0.4) is 0 Å². The molecule has 1 aliphatic rings. The predicted molar refractivity (Wildman–Crippen MR) is 163 cm³/mol. The number of nitrogens with zero attached hydrogens (tertiary/aromatic N) is 6. The molecular formula is C32H39FN6O4. The second-order valence-corrected chi connectivity index (χ2v) is 10.7. The van der Waals surface area contributed by atoms with Gasteiger partial charge in [0.2, 0.25) is 24.6 Å². The number of ether oxygens (including phenoxy) is 3. The van der Waals surface area contributed by atoms with Crippen LogP contribution in [0.1, 0.15) is 51.0 Å². The first-order chi connectivity index (χ1) is 21.0. The first-order valence-electron chi connectivity index (χ1n) is 14.9. The van der Waals surface area contributed by atoms with Crippen molar-refractivity contribution in [2.24, 2.45) is 0 Å². The van der Waals surface area contributed by atoms with Crippen molar-refractivity contribution < 1.29 is 23.4 Å². The summed E-state index contributed by atoms with van der Waals surface area (Å²) >= 11 is 0. The van der Waals surface area contributed by atoms with Crippen LogP contribution in [-0.2, 0) is 16.0 Å². The van der Waals surface area contributed by atoms with Crippen molar-refractivity contribution in [1.82, 2.24) is 19.5 Å². The maximum Gasteiger partial charge on any atom is 0.511 e. The van der Waals surface area contributed by atoms with Gasteiger partial charge in [0.05, 0.1) is 24.2 Å². The van der Waals surface area contributed by atoms with Gasteiger partial charge in [-0.3, -0.25) is 0 Å². The van der Waals surface area contributed by atoms with Gasteiger partial charge < -0.3 is 28.6 Å². The number of rotatable bonds is 13. The van der Waals surface area contributed by atoms with E-state index < -0.39 is 6.16 Å². The fraction of sp³-hybridized carbons (Fsp3) is 0.438. The number of fused-ring (bicyclic) bond motifs is 1. The molecule has 0 unspecified atom stereocenters. The predicted octanol–water partition coefficient (Wildman–Crippen LogP) is 6.19. The van der Waals surface area contributed by atoms with Gasteiger partial charge in [-0.15, -0.1) is 0 Å². The van der Waals surface area contributed by atoms with Crippen LogP contribution in [0.4, 0.5) is 21.1 Å². The number of halogens is 1. The highest BCUT2D eigenvalue weighted by Crippen LogP contribution is 2.28. The van der Waals surface area contributed by atoms with Crippen molar-refractivity contribution in [3.05, 3.63) is 72.2 Å². The summed E-state index contributed by atoms with van der Waals surface area (Å²) in [6.45, 7) is 4.41. The third-order valence-corrected chi connectivity index (χ3v) is 7.72. The van der Waals surface area contributed by atoms with Crippen LogP contribution in [0.5, 0.6) is 5.88 Å². The molecule has 1 fully saturated rings. The number of carbonyl (C=O) groups excluding carboxylic acids is 1. The zero-order chi connectivity index (χ0) is 30.0. The van der Waals surface area contributed by atoms with Crippen molar-refractivity contribution in [3.63, 3.8) is 0 Å². The Morgan fingerprint density at radius 2 is 1.79 bits per heavy atom. The highest BCUT2D eigenvalue weighted by molar-refractivity contribution is 5.79. The summed E-state index contributed by atoms with van der Waals surface area (Å²) in [5.41, 5.74) is 3.01. The molecule has 228 valence electrons. The molecule has 0 bridgehead atoms. The van der Waals surface area contributed by atoms with E-state index in [1.165, 1.54) is 12.1 Å². The molecule has 0 saturated carbocycles. The molecule has 43 heavy (non-hydrogen) atoms. The molecule has 0 N–H and O–H groups in total. The maximum absolute atomic E-state index is 13.5. The summed E-state index contributed by atoms with van der Waals surface area (Å²) in [5.74, 6) is 1.53. The second kappa shape index (κ2) is 14.7. The van der Waals surface area contributed by atoms with Gasteiger partial charge in [-0.25, -0.2) is 19.2 Å². The highest BCUT2D eigenvalue weighted by atomic mass is 19.1. The minimum Gasteiger partial charge on any atom is -0.440 e. The Morgan fingerprint density at radius 1 is 1.00 bits per heavy atom. The number of imidazole rings is 1. The Hall–Kier alpha value is -4.41. The number of carbonyl (C=O) groups is 1. The first kappa shape index (κ1) is 30.1. The van der Waals surface area contributed by atoms with Crippen molar-refractivity contribution in [2.45, 2.75) is 58.0 Å². The van der Waals surface area contributed by atoms with Gasteiger partial charge in [0.25, 0.3) is 0 Å². The van der Waals surface area contributed by atoms with Crippen LogP contribution >= 0.6 is 0 Å². The fourth-order valence-electron chi connectivity index (χ4n) is 5.30. The molecule has 0 atom stereocenters. The van der Waals surface area contributed by atoms with Gasteiger partial charge >= 0.3 is 6.16 Å². The molecule has 10 nitrogen and oxygen atoms in total. The molecule has 5 rings (SSSR count). The maximum atomic E-state index is 13.5. The van der Waals surface area contributed by atoms with E-state index in [1.54, 1.807) is 12.3 Å². The molecule has 1 aliphatic heterocycles. The molecule has 0 amide bonds. The minimum absolute atomic E-state index is 0.223. The number of hydrogen-bond acceptors (Lipinski definition) is 9. The Bertz CT molecular complexity index is 1470. The fourth-order valence-corrected chi connectivity index (χ4v) is 5.30. The van der Waals surface area contributed by atoms with E-state index in [4.69, 9.17) is 19.2 Å². The number of para-hydroxylation sites is 2. The molecule has 2 aromatic carbocycles. The SMILES string of the molecule is CCCCCCOC(=O)OCOc1ccnc(N(C)C2CCN(c3nc4ccccc4n3Cc3ccc(F)cc3)CC2)n1. The number of piperidine rings is 1. The van der Waals surface area contributed by atoms with Gasteiger partial charge in [-0.05, 0) is 49.1 Å². The number of anilines is 2. The van der Waals surface area contributed by atoms with E-state index in [9.17, 15) is 9.18 Å². The summed E-state index contributed by atoms with van der Waals surface area (Å²) in [5, 5.41) is 0. The number of unbranched alkanes of at least 4 members (excludes halogenated alkanes) is 3. The summed E-state index contributed by atoms with van der Waals surface area (Å²) in [6, 6.07) is 16.6. The molecule has 4 aromatic rings. The molecule has 3 heterocycles. The van der Waals surface area contributed by atoms with Crippen molar-refractivity contribution in [2.75, 3.05) is 43.3 Å². The molecule has 0 spiro atoms. The smallest absolute Gasteiger partial charge is 0.440 e. The van der Waals surface area contributed by atoms with E-state index in [1.807, 2.05) is 37.4 Å². The first-order valence-corrected chi connectivity index (χ1v) is 14.9. The third kappa shape index (κ3) is 7.91. The molecule has 1 saturated heterocycles. The summed E-state index contributed by atoms with van der Waals surface area (Å²) in [7, 11) is 1.98. The monoisotopic (exact) mass is 590 g/mol. The minimum atomic E-state index is -0.749. The number of hydrogen-bond donors (Lipinski definition) is 0. The molecule has 0 aliphatic carbocycles. The van der Waals surface area contributed by atoms with E-state index >= 15 is 0 Å². The van der Waals surface area contributed by atoms with Crippen LogP contribution in [0.15, 0.2) is 60.8 Å². The molecule has 0 radical (unpaired) electrons. The lowest BCUT2D eigenvalue weighted by Gasteiger charge is -2.37. The summed E-state index contributed by atoms with van der Waals surface area (Å²) in [4.78, 5) is 30.1. The number of benzene rings is 2. The van der Waals surface area contributed by atoms with Crippen LogP contribution in [0.2, 0.25) is 0 Å². The van der Waals surface area contributed by atoms with Gasteiger partial charge in [0.15, 0.2) is 0 Å². The highest BCUT2D eigenvalue weighted by Gasteiger charge is 2.27. The second-order valence-electron chi connectivity index (χ2n) is 10.7. The van der Waals surface area contributed by atoms with Gasteiger partial charge in [-0.2, -0.15) is 4.98 Å². The van der Waals surface area contributed by atoms with Crippen LogP contribution in [0.25, 0.3) is 11.0 Å². The molecular weight excluding hydrogens is 551 g/mol. The lowest BCUT2D eigenvalue weighted by molar-refractivity contribution is 0.00256. The third-order valence-electron chi connectivity index (χ3n) is 7.72. The largest absolute Gasteiger partial charge is 0.511 e. The zero-order valence-corrected chi connectivity index (χ0v) is 24.8. The standard InChI is InChI=1S/C32H39FN6O4/c1-3-4-5-8-21-41-32(40)43-23-42-29-15-18-34-30(36-29)37(2)26-16-19-38(20-17-26)31-35-27-9-6-7-10-28(27)39(31)22-24-11-13-25(33)14-12-24/h6-7,9-15,18,26H,3-5,8,16-17,19-23H2,1-2H3. The van der Waals surface area contributed by atoms with Crippen LogP contribution < -0.4 is 14.5 Å². The lowest BCUT2D eigenvalue weighted by atomic mass is 10.0. The average Bonchev–Trinajstić information content (AvgIpc) is 3.40. The van der Waals surface area contributed by atoms with E-state index in [0.717, 1.165) is 74.2 Å². The Balaban J connectivity index is 1.16. The van der Waals surface area contributed by atoms with Gasteiger partial charge in [0.1, 0.15) is 5.82 Å². The normalized spacial score (nSPS) is 13.7. The van der Waals surface area contributed by atoms with Crippen molar-refractivity contribution in [1.29, 1.82) is 0 Å². The van der Waals surface area contributed by atoms with Crippen molar-refractivity contribution >= 4 is 29.1 Å². The quantitative estimate of drug-likeness (QED) is 0.103. The average molecular weight is 591 g/mol. The Labute approximate surface area is 251 Å². The van der Waals surface area contributed by atoms with Crippen LogP contribution in [0, 0.1) is 5.82 Å². The van der Waals surface area contributed by atoms with Crippen LogP contribution in [-0.4, -0.2) is 65.3 Å². The van der Waals surface area contributed by atoms with Gasteiger partial charge in [-0.1, -0.05) is 50.5 Å². The molecule has 2 aromatic heterocycles. The van der Waals surface area contributed by atoms with Gasteiger partial charge in [0, 0.05) is 38.4 Å². The van der Waals surface area contributed by atoms with Crippen molar-refractivity contribution in [3.8, 4) is 5.88 Å². The Kier molecular flexibility index (Phi) is 10.2. The lowest BCUT2D eigenvalue weighted by Crippen LogP contribution is -2.44. The van der Waals surface area contributed by atoms with E-state index in [0.29, 0.717) is 25.0 Å². The topological polar surface area (TPSA) is 94.8 Å².